The smallest absolute Gasteiger partial charge is 0.147 e. The Morgan fingerprint density at radius 1 is 1.29 bits per heavy atom. The highest BCUT2D eigenvalue weighted by molar-refractivity contribution is 5.04. The SMILES string of the molecule is NCc1cnc(Cn2ccnc2)nc1. The maximum absolute atomic E-state index is 5.44. The summed E-state index contributed by atoms with van der Waals surface area (Å²) in [6.45, 7) is 1.12. The first kappa shape index (κ1) is 8.83. The van der Waals surface area contributed by atoms with E-state index in [0.717, 1.165) is 11.4 Å². The van der Waals surface area contributed by atoms with E-state index in [2.05, 4.69) is 15.0 Å². The number of imidazole rings is 1. The van der Waals surface area contributed by atoms with Crippen LogP contribution in [0.15, 0.2) is 31.1 Å². The van der Waals surface area contributed by atoms with Crippen LogP contribution in [-0.2, 0) is 13.1 Å². The lowest BCUT2D eigenvalue weighted by atomic mass is 10.3. The zero-order valence-electron chi connectivity index (χ0n) is 7.67. The van der Waals surface area contributed by atoms with E-state index in [1.54, 1.807) is 24.9 Å². The van der Waals surface area contributed by atoms with E-state index in [-0.39, 0.29) is 0 Å². The van der Waals surface area contributed by atoms with Crippen molar-refractivity contribution in [3.05, 3.63) is 42.5 Å². The Hall–Kier alpha value is -1.75. The summed E-state index contributed by atoms with van der Waals surface area (Å²) in [7, 11) is 0. The standard InChI is InChI=1S/C9H11N5/c10-3-8-4-12-9(13-5-8)6-14-2-1-11-7-14/h1-2,4-5,7H,3,6,10H2. The van der Waals surface area contributed by atoms with Gasteiger partial charge in [-0.2, -0.15) is 0 Å². The van der Waals surface area contributed by atoms with E-state index < -0.39 is 0 Å². The molecule has 0 spiro atoms. The molecular weight excluding hydrogens is 178 g/mol. The fourth-order valence-corrected chi connectivity index (χ4v) is 1.11. The van der Waals surface area contributed by atoms with Gasteiger partial charge < -0.3 is 10.3 Å². The molecule has 0 aliphatic rings. The van der Waals surface area contributed by atoms with Gasteiger partial charge in [-0.25, -0.2) is 15.0 Å². The molecule has 0 unspecified atom stereocenters. The van der Waals surface area contributed by atoms with Crippen molar-refractivity contribution in [2.45, 2.75) is 13.1 Å². The van der Waals surface area contributed by atoms with Gasteiger partial charge in [0.25, 0.3) is 0 Å². The second-order valence-corrected chi connectivity index (χ2v) is 2.95. The van der Waals surface area contributed by atoms with Crippen molar-refractivity contribution in [3.8, 4) is 0 Å². The van der Waals surface area contributed by atoms with Gasteiger partial charge in [0.05, 0.1) is 12.9 Å². The summed E-state index contributed by atoms with van der Waals surface area (Å²) in [5, 5.41) is 0. The molecule has 0 atom stereocenters. The minimum Gasteiger partial charge on any atom is -0.330 e. The third-order valence-corrected chi connectivity index (χ3v) is 1.88. The Morgan fingerprint density at radius 3 is 2.64 bits per heavy atom. The normalized spacial score (nSPS) is 10.4. The lowest BCUT2D eigenvalue weighted by Gasteiger charge is -2.01. The molecule has 2 aromatic rings. The predicted molar refractivity (Wildman–Crippen MR) is 51.3 cm³/mol. The molecule has 0 aliphatic carbocycles. The van der Waals surface area contributed by atoms with Gasteiger partial charge in [-0.05, 0) is 0 Å². The average Bonchev–Trinajstić information content (AvgIpc) is 2.72. The van der Waals surface area contributed by atoms with Crippen LogP contribution in [0.4, 0.5) is 0 Å². The van der Waals surface area contributed by atoms with Crippen LogP contribution >= 0.6 is 0 Å². The molecule has 2 rings (SSSR count). The molecule has 0 aromatic carbocycles. The number of aromatic nitrogens is 4. The van der Waals surface area contributed by atoms with Crippen molar-refractivity contribution in [2.75, 3.05) is 0 Å². The van der Waals surface area contributed by atoms with Crippen molar-refractivity contribution in [2.24, 2.45) is 5.73 Å². The number of hydrogen-bond acceptors (Lipinski definition) is 4. The van der Waals surface area contributed by atoms with Crippen molar-refractivity contribution in [3.63, 3.8) is 0 Å². The van der Waals surface area contributed by atoms with Crippen LogP contribution in [-0.4, -0.2) is 19.5 Å². The highest BCUT2D eigenvalue weighted by Crippen LogP contribution is 1.97. The Morgan fingerprint density at radius 2 is 2.07 bits per heavy atom. The summed E-state index contributed by atoms with van der Waals surface area (Å²) >= 11 is 0. The largest absolute Gasteiger partial charge is 0.330 e. The van der Waals surface area contributed by atoms with Crippen LogP contribution in [0.2, 0.25) is 0 Å². The maximum atomic E-state index is 5.44. The van der Waals surface area contributed by atoms with Gasteiger partial charge in [0, 0.05) is 36.9 Å². The zero-order chi connectivity index (χ0) is 9.80. The molecule has 0 amide bonds. The molecule has 0 saturated heterocycles. The molecular formula is C9H11N5. The summed E-state index contributed by atoms with van der Waals surface area (Å²) in [6.07, 6.45) is 8.84. The van der Waals surface area contributed by atoms with Crippen LogP contribution in [0.1, 0.15) is 11.4 Å². The zero-order valence-corrected chi connectivity index (χ0v) is 7.67. The Balaban J connectivity index is 2.10. The number of hydrogen-bond donors (Lipinski definition) is 1. The minimum absolute atomic E-state index is 0.478. The summed E-state index contributed by atoms with van der Waals surface area (Å²) in [5.41, 5.74) is 6.38. The van der Waals surface area contributed by atoms with Crippen LogP contribution in [0, 0.1) is 0 Å². The molecule has 2 aromatic heterocycles. The number of rotatable bonds is 3. The maximum Gasteiger partial charge on any atom is 0.147 e. The molecule has 0 saturated carbocycles. The quantitative estimate of drug-likeness (QED) is 0.747. The highest BCUT2D eigenvalue weighted by Gasteiger charge is 1.97. The molecule has 72 valence electrons. The summed E-state index contributed by atoms with van der Waals surface area (Å²) in [5.74, 6) is 0.764. The first-order chi connectivity index (χ1) is 6.88. The third-order valence-electron chi connectivity index (χ3n) is 1.88. The summed E-state index contributed by atoms with van der Waals surface area (Å²) in [6, 6.07) is 0. The number of nitrogens with two attached hydrogens (primary N) is 1. The van der Waals surface area contributed by atoms with Crippen molar-refractivity contribution < 1.29 is 0 Å². The van der Waals surface area contributed by atoms with Crippen LogP contribution in [0.25, 0.3) is 0 Å². The average molecular weight is 189 g/mol. The monoisotopic (exact) mass is 189 g/mol. The molecule has 0 aliphatic heterocycles. The molecule has 5 heteroatoms. The van der Waals surface area contributed by atoms with Crippen molar-refractivity contribution >= 4 is 0 Å². The third kappa shape index (κ3) is 1.94. The minimum atomic E-state index is 0.478. The van der Waals surface area contributed by atoms with Gasteiger partial charge in [-0.1, -0.05) is 0 Å². The first-order valence-corrected chi connectivity index (χ1v) is 4.34. The Labute approximate surface area is 81.6 Å². The first-order valence-electron chi connectivity index (χ1n) is 4.34. The fraction of sp³-hybridized carbons (Fsp3) is 0.222. The second-order valence-electron chi connectivity index (χ2n) is 2.95. The van der Waals surface area contributed by atoms with E-state index in [4.69, 9.17) is 5.73 Å². The van der Waals surface area contributed by atoms with E-state index in [1.807, 2.05) is 10.8 Å². The van der Waals surface area contributed by atoms with Crippen LogP contribution in [0.5, 0.6) is 0 Å². The molecule has 5 nitrogen and oxygen atoms in total. The summed E-state index contributed by atoms with van der Waals surface area (Å²) < 4.78 is 1.91. The van der Waals surface area contributed by atoms with Gasteiger partial charge in [-0.15, -0.1) is 0 Å². The molecule has 0 radical (unpaired) electrons. The van der Waals surface area contributed by atoms with Gasteiger partial charge in [0.15, 0.2) is 0 Å². The van der Waals surface area contributed by atoms with Crippen LogP contribution < -0.4 is 5.73 Å². The Kier molecular flexibility index (Phi) is 2.51. The molecule has 0 fully saturated rings. The van der Waals surface area contributed by atoms with Crippen LogP contribution in [0.3, 0.4) is 0 Å². The van der Waals surface area contributed by atoms with Gasteiger partial charge in [0.2, 0.25) is 0 Å². The van der Waals surface area contributed by atoms with Crippen molar-refractivity contribution in [1.29, 1.82) is 0 Å². The lowest BCUT2D eigenvalue weighted by Crippen LogP contribution is -2.04. The second kappa shape index (κ2) is 3.97. The molecule has 0 bridgehead atoms. The van der Waals surface area contributed by atoms with Gasteiger partial charge in [-0.3, -0.25) is 0 Å². The van der Waals surface area contributed by atoms with E-state index >= 15 is 0 Å². The number of nitrogens with zero attached hydrogens (tertiary/aromatic N) is 4. The predicted octanol–water partition coefficient (Wildman–Crippen LogP) is 0.180. The highest BCUT2D eigenvalue weighted by atomic mass is 15.0. The summed E-state index contributed by atoms with van der Waals surface area (Å²) in [4.78, 5) is 12.3. The van der Waals surface area contributed by atoms with Gasteiger partial charge in [0.1, 0.15) is 5.82 Å². The fourth-order valence-electron chi connectivity index (χ4n) is 1.11. The molecule has 2 N–H and O–H groups in total. The lowest BCUT2D eigenvalue weighted by molar-refractivity contribution is 0.738. The molecule has 14 heavy (non-hydrogen) atoms. The topological polar surface area (TPSA) is 69.6 Å². The molecule has 2 heterocycles. The van der Waals surface area contributed by atoms with Crippen molar-refractivity contribution in [1.82, 2.24) is 19.5 Å². The van der Waals surface area contributed by atoms with Gasteiger partial charge >= 0.3 is 0 Å². The van der Waals surface area contributed by atoms with E-state index in [1.165, 1.54) is 0 Å². The van der Waals surface area contributed by atoms with E-state index in [0.29, 0.717) is 13.1 Å². The Bertz CT molecular complexity index is 378. The van der Waals surface area contributed by atoms with E-state index in [9.17, 15) is 0 Å².